The van der Waals surface area contributed by atoms with E-state index >= 15 is 0 Å². The molecule has 3 aromatic carbocycles. The van der Waals surface area contributed by atoms with Gasteiger partial charge in [0.2, 0.25) is 0 Å². The minimum atomic E-state index is -0.681. The van der Waals surface area contributed by atoms with Gasteiger partial charge >= 0.3 is 5.69 Å². The first-order chi connectivity index (χ1) is 13.0. The first-order valence-electron chi connectivity index (χ1n) is 8.16. The van der Waals surface area contributed by atoms with Crippen molar-refractivity contribution in [3.63, 3.8) is 0 Å². The number of nitrogens with zero attached hydrogens (tertiary/aromatic N) is 2. The molecule has 7 heteroatoms. The highest BCUT2D eigenvalue weighted by Crippen LogP contribution is 2.36. The molecule has 1 unspecified atom stereocenters. The lowest BCUT2D eigenvalue weighted by Gasteiger charge is -2.20. The summed E-state index contributed by atoms with van der Waals surface area (Å²) in [6, 6.07) is 20.3. The average Bonchev–Trinajstić information content (AvgIpc) is 2.67. The summed E-state index contributed by atoms with van der Waals surface area (Å²) in [6.45, 7) is 1.96. The molecule has 0 saturated carbocycles. The highest BCUT2D eigenvalue weighted by atomic mass is 16.6. The van der Waals surface area contributed by atoms with Crippen LogP contribution in [0.3, 0.4) is 0 Å². The molecule has 136 valence electrons. The number of hydrogen-bond donors (Lipinski definition) is 0. The molecule has 0 saturated heterocycles. The second kappa shape index (κ2) is 7.65. The Hall–Kier alpha value is -3.74. The van der Waals surface area contributed by atoms with Gasteiger partial charge in [-0.1, -0.05) is 60.2 Å². The Morgan fingerprint density at radius 2 is 1.44 bits per heavy atom. The Bertz CT molecular complexity index is 971. The molecule has 0 radical (unpaired) electrons. The molecule has 7 nitrogen and oxygen atoms in total. The van der Waals surface area contributed by atoms with Crippen molar-refractivity contribution in [1.82, 2.24) is 0 Å². The van der Waals surface area contributed by atoms with Crippen molar-refractivity contribution in [3.05, 3.63) is 110 Å². The third-order valence-electron chi connectivity index (χ3n) is 4.08. The van der Waals surface area contributed by atoms with Gasteiger partial charge in [-0.3, -0.25) is 20.2 Å². The summed E-state index contributed by atoms with van der Waals surface area (Å²) in [6.07, 6.45) is -0.591. The lowest BCUT2D eigenvalue weighted by molar-refractivity contribution is -0.394. The van der Waals surface area contributed by atoms with E-state index in [1.165, 1.54) is 12.1 Å². The lowest BCUT2D eigenvalue weighted by Crippen LogP contribution is -2.10. The molecular formula is C20H16N2O5. The van der Waals surface area contributed by atoms with Crippen LogP contribution in [0.1, 0.15) is 22.8 Å². The summed E-state index contributed by atoms with van der Waals surface area (Å²) < 4.78 is 5.99. The second-order valence-corrected chi connectivity index (χ2v) is 5.99. The zero-order chi connectivity index (χ0) is 19.4. The normalized spacial score (nSPS) is 11.6. The van der Waals surface area contributed by atoms with E-state index in [0.717, 1.165) is 22.8 Å². The molecule has 27 heavy (non-hydrogen) atoms. The number of nitro groups is 2. The van der Waals surface area contributed by atoms with Crippen molar-refractivity contribution in [2.45, 2.75) is 13.0 Å². The first kappa shape index (κ1) is 18.1. The number of hydrogen-bond acceptors (Lipinski definition) is 5. The quantitative estimate of drug-likeness (QED) is 0.454. The van der Waals surface area contributed by atoms with Gasteiger partial charge in [0.1, 0.15) is 6.10 Å². The van der Waals surface area contributed by atoms with Crippen LogP contribution in [-0.2, 0) is 0 Å². The standard InChI is InChI=1S/C20H16N2O5/c1-14-7-9-16(10-8-14)20(15-5-3-2-4-6-15)27-19-12-11-17(21(23)24)13-18(19)22(25)26/h2-13,20H,1H3. The highest BCUT2D eigenvalue weighted by Gasteiger charge is 2.24. The molecule has 0 spiro atoms. The maximum absolute atomic E-state index is 11.4. The lowest BCUT2D eigenvalue weighted by atomic mass is 10.0. The average molecular weight is 364 g/mol. The van der Waals surface area contributed by atoms with Crippen LogP contribution >= 0.6 is 0 Å². The molecule has 0 fully saturated rings. The van der Waals surface area contributed by atoms with Crippen molar-refractivity contribution in [1.29, 1.82) is 0 Å². The highest BCUT2D eigenvalue weighted by molar-refractivity contribution is 5.54. The third kappa shape index (κ3) is 4.09. The molecule has 0 aromatic heterocycles. The maximum Gasteiger partial charge on any atom is 0.317 e. The second-order valence-electron chi connectivity index (χ2n) is 5.99. The molecule has 0 bridgehead atoms. The number of aryl methyl sites for hydroxylation is 1. The Morgan fingerprint density at radius 3 is 2.04 bits per heavy atom. The van der Waals surface area contributed by atoms with Crippen molar-refractivity contribution in [3.8, 4) is 5.75 Å². The van der Waals surface area contributed by atoms with E-state index < -0.39 is 21.6 Å². The molecule has 0 aliphatic carbocycles. The van der Waals surface area contributed by atoms with Crippen LogP contribution < -0.4 is 4.74 Å². The van der Waals surface area contributed by atoms with Gasteiger partial charge in [0.15, 0.2) is 5.75 Å². The Kier molecular flexibility index (Phi) is 5.12. The topological polar surface area (TPSA) is 95.5 Å². The molecule has 0 aliphatic rings. The zero-order valence-corrected chi connectivity index (χ0v) is 14.4. The van der Waals surface area contributed by atoms with Crippen molar-refractivity contribution < 1.29 is 14.6 Å². The van der Waals surface area contributed by atoms with Gasteiger partial charge < -0.3 is 4.74 Å². The SMILES string of the molecule is Cc1ccc(C(Oc2ccc([N+](=O)[O-])cc2[N+](=O)[O-])c2ccccc2)cc1. The van der Waals surface area contributed by atoms with Gasteiger partial charge in [0, 0.05) is 6.07 Å². The smallest absolute Gasteiger partial charge is 0.317 e. The van der Waals surface area contributed by atoms with E-state index in [1.54, 1.807) is 0 Å². The van der Waals surface area contributed by atoms with Crippen molar-refractivity contribution in [2.24, 2.45) is 0 Å². The maximum atomic E-state index is 11.4. The summed E-state index contributed by atoms with van der Waals surface area (Å²) >= 11 is 0. The summed E-state index contributed by atoms with van der Waals surface area (Å²) in [7, 11) is 0. The molecule has 0 N–H and O–H groups in total. The molecule has 0 heterocycles. The van der Waals surface area contributed by atoms with Gasteiger partial charge in [-0.15, -0.1) is 0 Å². The Labute approximate surface area is 155 Å². The van der Waals surface area contributed by atoms with Gasteiger partial charge in [0.05, 0.1) is 15.9 Å². The summed E-state index contributed by atoms with van der Waals surface area (Å²) in [5, 5.41) is 22.3. The molecule has 3 rings (SSSR count). The van der Waals surface area contributed by atoms with Gasteiger partial charge in [0.25, 0.3) is 5.69 Å². The number of nitro benzene ring substituents is 2. The van der Waals surface area contributed by atoms with Crippen LogP contribution in [0.5, 0.6) is 5.75 Å². The van der Waals surface area contributed by atoms with E-state index in [4.69, 9.17) is 4.74 Å². The molecule has 0 aliphatic heterocycles. The minimum absolute atomic E-state index is 0.0278. The van der Waals surface area contributed by atoms with E-state index in [1.807, 2.05) is 61.5 Å². The van der Waals surface area contributed by atoms with Crippen LogP contribution in [0.2, 0.25) is 0 Å². The van der Waals surface area contributed by atoms with Crippen LogP contribution in [0.4, 0.5) is 11.4 Å². The molecular weight excluding hydrogens is 348 g/mol. The van der Waals surface area contributed by atoms with Crippen LogP contribution in [0.15, 0.2) is 72.8 Å². The fraction of sp³-hybridized carbons (Fsp3) is 0.100. The van der Waals surface area contributed by atoms with Gasteiger partial charge in [-0.2, -0.15) is 0 Å². The molecule has 1 atom stereocenters. The van der Waals surface area contributed by atoms with E-state index in [0.29, 0.717) is 0 Å². The fourth-order valence-electron chi connectivity index (χ4n) is 2.69. The number of non-ortho nitro benzene ring substituents is 1. The minimum Gasteiger partial charge on any atom is -0.474 e. The Morgan fingerprint density at radius 1 is 0.815 bits per heavy atom. The van der Waals surface area contributed by atoms with Gasteiger partial charge in [-0.25, -0.2) is 0 Å². The fourth-order valence-corrected chi connectivity index (χ4v) is 2.69. The van der Waals surface area contributed by atoms with Gasteiger partial charge in [-0.05, 0) is 24.1 Å². The summed E-state index contributed by atoms with van der Waals surface area (Å²) in [4.78, 5) is 21.0. The molecule has 0 amide bonds. The monoisotopic (exact) mass is 364 g/mol. The number of ether oxygens (including phenoxy) is 1. The zero-order valence-electron chi connectivity index (χ0n) is 14.4. The van der Waals surface area contributed by atoms with Crippen LogP contribution in [-0.4, -0.2) is 9.85 Å². The summed E-state index contributed by atoms with van der Waals surface area (Å²) in [5.41, 5.74) is 1.90. The number of benzene rings is 3. The molecule has 3 aromatic rings. The van der Waals surface area contributed by atoms with E-state index in [2.05, 4.69) is 0 Å². The van der Waals surface area contributed by atoms with E-state index in [-0.39, 0.29) is 11.4 Å². The predicted octanol–water partition coefficient (Wildman–Crippen LogP) is 4.98. The third-order valence-corrected chi connectivity index (χ3v) is 4.08. The summed E-state index contributed by atoms with van der Waals surface area (Å²) in [5.74, 6) is -0.0278. The predicted molar refractivity (Wildman–Crippen MR) is 99.8 cm³/mol. The number of rotatable bonds is 6. The Balaban J connectivity index is 2.06. The van der Waals surface area contributed by atoms with E-state index in [9.17, 15) is 20.2 Å². The van der Waals surface area contributed by atoms with Crippen LogP contribution in [0.25, 0.3) is 0 Å². The van der Waals surface area contributed by atoms with Crippen molar-refractivity contribution in [2.75, 3.05) is 0 Å². The van der Waals surface area contributed by atoms with Crippen LogP contribution in [0, 0.1) is 27.2 Å². The largest absolute Gasteiger partial charge is 0.474 e. The first-order valence-corrected chi connectivity index (χ1v) is 8.16. The van der Waals surface area contributed by atoms with Crippen molar-refractivity contribution >= 4 is 11.4 Å².